The van der Waals surface area contributed by atoms with E-state index in [2.05, 4.69) is 16.0 Å². The van der Waals surface area contributed by atoms with Crippen LogP contribution >= 0.6 is 0 Å². The summed E-state index contributed by atoms with van der Waals surface area (Å²) in [4.78, 5) is 12.3. The number of allylic oxidation sites excluding steroid dienone is 6. The first-order valence-electron chi connectivity index (χ1n) is 8.93. The van der Waals surface area contributed by atoms with Gasteiger partial charge < -0.3 is 26.4 Å². The van der Waals surface area contributed by atoms with Crippen LogP contribution in [0.25, 0.3) is 0 Å². The Morgan fingerprint density at radius 1 is 0.862 bits per heavy atom. The smallest absolute Gasteiger partial charge is 0.255 e. The van der Waals surface area contributed by atoms with Gasteiger partial charge >= 0.3 is 0 Å². The van der Waals surface area contributed by atoms with Gasteiger partial charge in [0.05, 0.1) is 17.1 Å². The largest absolute Gasteiger partial charge is 0.612 e. The molecular formula is C22H17N4O3-. The molecule has 0 aromatic heterocycles. The van der Waals surface area contributed by atoms with E-state index in [0.717, 1.165) is 11.4 Å². The quantitative estimate of drug-likeness (QED) is 0.553. The molecule has 2 aromatic carbocycles. The van der Waals surface area contributed by atoms with Gasteiger partial charge in [0.25, 0.3) is 5.91 Å². The number of carbonyl (C=O) groups excluding carboxylic acids is 1. The molecule has 0 unspecified atom stereocenters. The molecule has 1 aliphatic heterocycles. The number of nitrogens with zero attached hydrogens (tertiary/aromatic N) is 1. The summed E-state index contributed by atoms with van der Waals surface area (Å²) in [6.45, 7) is 0. The van der Waals surface area contributed by atoms with Crippen molar-refractivity contribution in [2.45, 2.75) is 0 Å². The van der Waals surface area contributed by atoms with Crippen molar-refractivity contribution in [3.63, 3.8) is 0 Å². The van der Waals surface area contributed by atoms with Crippen LogP contribution in [0, 0.1) is 10.4 Å². The molecule has 0 fully saturated rings. The first-order valence-corrected chi connectivity index (χ1v) is 8.93. The van der Waals surface area contributed by atoms with Gasteiger partial charge in [-0.15, -0.1) is 0 Å². The van der Waals surface area contributed by atoms with Gasteiger partial charge in [-0.1, -0.05) is 30.3 Å². The highest BCUT2D eigenvalue weighted by atomic mass is 16.8. The molecule has 3 N–H and O–H groups in total. The predicted octanol–water partition coefficient (Wildman–Crippen LogP) is 3.62. The number of benzene rings is 2. The summed E-state index contributed by atoms with van der Waals surface area (Å²) in [5.74, 6) is 0.361. The number of hydrogen-bond donors (Lipinski definition) is 3. The van der Waals surface area contributed by atoms with Crippen LogP contribution < -0.4 is 16.0 Å². The number of amides is 1. The highest BCUT2D eigenvalue weighted by Crippen LogP contribution is 2.31. The van der Waals surface area contributed by atoms with Gasteiger partial charge in [0.15, 0.2) is 0 Å². The summed E-state index contributed by atoms with van der Waals surface area (Å²) in [6.07, 6.45) is 7.88. The highest BCUT2D eigenvalue weighted by molar-refractivity contribution is 6.02. The van der Waals surface area contributed by atoms with Crippen molar-refractivity contribution < 1.29 is 9.70 Å². The number of nitrogens with one attached hydrogen (secondary N) is 3. The third-order valence-electron chi connectivity index (χ3n) is 4.41. The molecule has 1 heterocycles. The summed E-state index contributed by atoms with van der Waals surface area (Å²) in [5.41, 5.74) is 3.56. The zero-order valence-electron chi connectivity index (χ0n) is 15.3. The molecule has 0 saturated heterocycles. The van der Waals surface area contributed by atoms with Crippen LogP contribution in [0.5, 0.6) is 0 Å². The third kappa shape index (κ3) is 4.03. The Hall–Kier alpha value is -4.26. The number of hydrogen-bond acceptors (Lipinski definition) is 5. The minimum atomic E-state index is -0.447. The lowest BCUT2D eigenvalue weighted by molar-refractivity contribution is -0.377. The van der Waals surface area contributed by atoms with E-state index in [0.29, 0.717) is 22.7 Å². The molecule has 0 bridgehead atoms. The van der Waals surface area contributed by atoms with Crippen molar-refractivity contribution in [1.29, 1.82) is 0 Å². The molecular weight excluding hydrogens is 368 g/mol. The lowest BCUT2D eigenvalue weighted by Crippen LogP contribution is -2.25. The number of rotatable bonds is 3. The average molecular weight is 385 g/mol. The minimum absolute atomic E-state index is 0.00851. The van der Waals surface area contributed by atoms with Crippen molar-refractivity contribution in [3.05, 3.63) is 118 Å². The van der Waals surface area contributed by atoms with Gasteiger partial charge in [0, 0.05) is 17.7 Å². The first-order chi connectivity index (χ1) is 14.1. The molecule has 0 atom stereocenters. The fourth-order valence-corrected chi connectivity index (χ4v) is 2.95. The highest BCUT2D eigenvalue weighted by Gasteiger charge is 2.18. The van der Waals surface area contributed by atoms with E-state index in [9.17, 15) is 15.2 Å². The van der Waals surface area contributed by atoms with Crippen molar-refractivity contribution >= 4 is 23.0 Å². The molecule has 2 aliphatic rings. The van der Waals surface area contributed by atoms with E-state index in [4.69, 9.17) is 0 Å². The van der Waals surface area contributed by atoms with Crippen molar-refractivity contribution in [2.75, 3.05) is 10.6 Å². The van der Waals surface area contributed by atoms with Crippen LogP contribution in [0.4, 0.5) is 11.4 Å². The number of carbonyl (C=O) groups is 1. The number of anilines is 2. The topological polar surface area (TPSA) is 102 Å². The normalized spacial score (nSPS) is 14.0. The Labute approximate surface area is 167 Å². The van der Waals surface area contributed by atoms with Crippen molar-refractivity contribution in [1.82, 2.24) is 5.32 Å². The molecule has 29 heavy (non-hydrogen) atoms. The van der Waals surface area contributed by atoms with E-state index in [-0.39, 0.29) is 11.6 Å². The summed E-state index contributed by atoms with van der Waals surface area (Å²) in [6, 6.07) is 16.6. The van der Waals surface area contributed by atoms with Crippen LogP contribution in [-0.4, -0.2) is 16.5 Å². The van der Waals surface area contributed by atoms with E-state index < -0.39 is 4.90 Å². The fraction of sp³-hybridized carbons (Fsp3) is 0. The van der Waals surface area contributed by atoms with Crippen molar-refractivity contribution in [2.24, 2.45) is 0 Å². The number of fused-ring (bicyclic) bond motifs is 1. The van der Waals surface area contributed by atoms with Gasteiger partial charge in [0.2, 0.25) is 5.71 Å². The zero-order chi connectivity index (χ0) is 20.2. The Morgan fingerprint density at radius 2 is 1.45 bits per heavy atom. The molecule has 0 spiro atoms. The molecule has 0 saturated carbocycles. The van der Waals surface area contributed by atoms with E-state index >= 15 is 0 Å². The maximum absolute atomic E-state index is 12.7. The molecule has 2 aromatic rings. The summed E-state index contributed by atoms with van der Waals surface area (Å²) in [5, 5.41) is 31.2. The van der Waals surface area contributed by atoms with Gasteiger partial charge in [0.1, 0.15) is 5.82 Å². The molecule has 4 rings (SSSR count). The van der Waals surface area contributed by atoms with Crippen molar-refractivity contribution in [3.8, 4) is 0 Å². The average Bonchev–Trinajstić information content (AvgIpc) is 3.18. The minimum Gasteiger partial charge on any atom is -0.612 e. The SMILES string of the molecule is O=C(NC(C=C1C=CC(=[N+]([O-])[O-])C=C1)=C1Nc2ccccc2N1)c1ccccc1. The molecule has 1 aliphatic carbocycles. The lowest BCUT2D eigenvalue weighted by Gasteiger charge is -2.13. The summed E-state index contributed by atoms with van der Waals surface area (Å²) >= 11 is 0. The van der Waals surface area contributed by atoms with Gasteiger partial charge in [-0.3, -0.25) is 4.79 Å². The van der Waals surface area contributed by atoms with Crippen LogP contribution in [0.1, 0.15) is 10.4 Å². The van der Waals surface area contributed by atoms with Crippen LogP contribution in [-0.2, 0) is 0 Å². The molecule has 144 valence electrons. The lowest BCUT2D eigenvalue weighted by atomic mass is 10.1. The zero-order valence-corrected chi connectivity index (χ0v) is 15.3. The number of para-hydroxylation sites is 2. The maximum atomic E-state index is 12.7. The van der Waals surface area contributed by atoms with Gasteiger partial charge in [-0.2, -0.15) is 4.90 Å². The van der Waals surface area contributed by atoms with Gasteiger partial charge in [-0.05, 0) is 48.1 Å². The Kier molecular flexibility index (Phi) is 4.86. The monoisotopic (exact) mass is 385 g/mol. The molecule has 1 amide bonds. The Morgan fingerprint density at radius 3 is 2.03 bits per heavy atom. The second kappa shape index (κ2) is 7.77. The van der Waals surface area contributed by atoms with Gasteiger partial charge in [-0.25, -0.2) is 0 Å². The second-order valence-electron chi connectivity index (χ2n) is 6.40. The second-order valence-corrected chi connectivity index (χ2v) is 6.40. The standard InChI is InChI=1S/C22H17N4O3/c27-22(16-6-2-1-3-7-16)25-20(14-15-10-12-17(13-11-15)26(28)29)21-23-18-8-4-5-9-19(18)24-21/h1-14,23-24H,(H-,25,27,28,29)/q-1. The van der Waals surface area contributed by atoms with Crippen LogP contribution in [0.15, 0.2) is 102 Å². The Balaban J connectivity index is 1.68. The third-order valence-corrected chi connectivity index (χ3v) is 4.41. The summed E-state index contributed by atoms with van der Waals surface area (Å²) in [7, 11) is 0. The molecule has 0 radical (unpaired) electrons. The Bertz CT molecular complexity index is 1060. The van der Waals surface area contributed by atoms with Crippen LogP contribution in [0.2, 0.25) is 0 Å². The molecule has 7 nitrogen and oxygen atoms in total. The van der Waals surface area contributed by atoms with E-state index in [1.165, 1.54) is 12.2 Å². The van der Waals surface area contributed by atoms with E-state index in [1.807, 2.05) is 30.3 Å². The first kappa shape index (κ1) is 18.1. The summed E-state index contributed by atoms with van der Waals surface area (Å²) < 4.78 is 0. The van der Waals surface area contributed by atoms with Crippen LogP contribution in [0.3, 0.4) is 0 Å². The predicted molar refractivity (Wildman–Crippen MR) is 113 cm³/mol. The fourth-order valence-electron chi connectivity index (χ4n) is 2.95. The van der Waals surface area contributed by atoms with E-state index in [1.54, 1.807) is 42.5 Å². The molecule has 7 heteroatoms. The maximum Gasteiger partial charge on any atom is 0.255 e.